The molecular formula is C16H18N4O3. The van der Waals surface area contributed by atoms with Crippen LogP contribution in [-0.4, -0.2) is 45.3 Å². The van der Waals surface area contributed by atoms with Crippen molar-refractivity contribution >= 4 is 17.6 Å². The van der Waals surface area contributed by atoms with Gasteiger partial charge in [0.1, 0.15) is 0 Å². The lowest BCUT2D eigenvalue weighted by Crippen LogP contribution is -2.31. The van der Waals surface area contributed by atoms with Crippen LogP contribution in [0.2, 0.25) is 0 Å². The van der Waals surface area contributed by atoms with Gasteiger partial charge in [-0.05, 0) is 24.6 Å². The minimum Gasteiger partial charge on any atom is -0.476 e. The Hall–Kier alpha value is -2.83. The molecule has 120 valence electrons. The zero-order chi connectivity index (χ0) is 16.4. The molecule has 1 aromatic carbocycles. The Bertz CT molecular complexity index is 754. The molecule has 3 rings (SSSR count). The fourth-order valence-corrected chi connectivity index (χ4v) is 2.80. The predicted molar refractivity (Wildman–Crippen MR) is 84.5 cm³/mol. The molecule has 1 aliphatic heterocycles. The van der Waals surface area contributed by atoms with E-state index in [2.05, 4.69) is 10.4 Å². The summed E-state index contributed by atoms with van der Waals surface area (Å²) in [5, 5.41) is 16.2. The van der Waals surface area contributed by atoms with E-state index >= 15 is 0 Å². The van der Waals surface area contributed by atoms with Gasteiger partial charge in [-0.25, -0.2) is 4.79 Å². The van der Waals surface area contributed by atoms with Crippen molar-refractivity contribution in [2.24, 2.45) is 0 Å². The summed E-state index contributed by atoms with van der Waals surface area (Å²) in [6.45, 7) is 1.58. The van der Waals surface area contributed by atoms with Crippen LogP contribution in [0.1, 0.15) is 33.0 Å². The van der Waals surface area contributed by atoms with E-state index in [0.29, 0.717) is 25.2 Å². The standard InChI is InChI=1S/C16H18N4O3/c1-17-13-6-3-2-5-12(13)15(21)19-7-4-8-20-11(10-19)9-14(18-20)16(22)23/h2-3,5-6,9,17H,4,7-8,10H2,1H3,(H,22,23). The van der Waals surface area contributed by atoms with Crippen LogP contribution in [0.15, 0.2) is 30.3 Å². The summed E-state index contributed by atoms with van der Waals surface area (Å²) >= 11 is 0. The lowest BCUT2D eigenvalue weighted by atomic mass is 10.1. The molecule has 0 bridgehead atoms. The molecule has 23 heavy (non-hydrogen) atoms. The van der Waals surface area contributed by atoms with Crippen molar-refractivity contribution in [3.05, 3.63) is 47.3 Å². The molecule has 1 aromatic heterocycles. The SMILES string of the molecule is CNc1ccccc1C(=O)N1CCCn2nc(C(=O)O)cc2C1. The average molecular weight is 314 g/mol. The highest BCUT2D eigenvalue weighted by Gasteiger charge is 2.24. The highest BCUT2D eigenvalue weighted by atomic mass is 16.4. The maximum Gasteiger partial charge on any atom is 0.356 e. The first-order valence-electron chi connectivity index (χ1n) is 7.46. The Kier molecular flexibility index (Phi) is 4.01. The van der Waals surface area contributed by atoms with E-state index in [1.807, 2.05) is 18.2 Å². The number of nitrogens with zero attached hydrogens (tertiary/aromatic N) is 3. The Morgan fingerprint density at radius 3 is 2.78 bits per heavy atom. The number of amides is 1. The number of aromatic carboxylic acids is 1. The molecule has 0 saturated carbocycles. The van der Waals surface area contributed by atoms with Gasteiger partial charge in [-0.1, -0.05) is 12.1 Å². The van der Waals surface area contributed by atoms with Gasteiger partial charge in [0, 0.05) is 25.8 Å². The van der Waals surface area contributed by atoms with Crippen molar-refractivity contribution in [2.75, 3.05) is 18.9 Å². The number of anilines is 1. The summed E-state index contributed by atoms with van der Waals surface area (Å²) in [6.07, 6.45) is 0.737. The third-order valence-electron chi connectivity index (χ3n) is 3.95. The Balaban J connectivity index is 1.88. The molecule has 2 heterocycles. The summed E-state index contributed by atoms with van der Waals surface area (Å²) in [5.41, 5.74) is 2.16. The number of carboxylic acids is 1. The minimum absolute atomic E-state index is 0.0184. The van der Waals surface area contributed by atoms with Crippen LogP contribution in [0.25, 0.3) is 0 Å². The first-order valence-corrected chi connectivity index (χ1v) is 7.46. The van der Waals surface area contributed by atoms with Crippen molar-refractivity contribution in [3.8, 4) is 0 Å². The maximum atomic E-state index is 12.8. The van der Waals surface area contributed by atoms with Gasteiger partial charge >= 0.3 is 5.97 Å². The highest BCUT2D eigenvalue weighted by Crippen LogP contribution is 2.20. The number of hydrogen-bond acceptors (Lipinski definition) is 4. The number of aryl methyl sites for hydroxylation is 1. The molecule has 0 fully saturated rings. The second-order valence-electron chi connectivity index (χ2n) is 5.43. The van der Waals surface area contributed by atoms with Gasteiger partial charge in [0.05, 0.1) is 17.8 Å². The molecule has 7 heteroatoms. The third-order valence-corrected chi connectivity index (χ3v) is 3.95. The quantitative estimate of drug-likeness (QED) is 0.900. The number of para-hydroxylation sites is 1. The molecule has 0 aliphatic carbocycles. The molecule has 1 aliphatic rings. The number of hydrogen-bond donors (Lipinski definition) is 2. The number of fused-ring (bicyclic) bond motifs is 1. The molecule has 0 radical (unpaired) electrons. The van der Waals surface area contributed by atoms with Gasteiger partial charge in [-0.2, -0.15) is 5.10 Å². The number of aromatic nitrogens is 2. The monoisotopic (exact) mass is 314 g/mol. The number of carboxylic acid groups (broad SMARTS) is 1. The van der Waals surface area contributed by atoms with Gasteiger partial charge in [0.25, 0.3) is 5.91 Å². The number of benzene rings is 1. The van der Waals surface area contributed by atoms with E-state index in [1.165, 1.54) is 6.07 Å². The molecule has 2 N–H and O–H groups in total. The summed E-state index contributed by atoms with van der Waals surface area (Å²) in [7, 11) is 1.78. The van der Waals surface area contributed by atoms with Gasteiger partial charge in [0.2, 0.25) is 0 Å². The lowest BCUT2D eigenvalue weighted by Gasteiger charge is -2.21. The Morgan fingerprint density at radius 1 is 1.26 bits per heavy atom. The van der Waals surface area contributed by atoms with Crippen LogP contribution in [0, 0.1) is 0 Å². The summed E-state index contributed by atoms with van der Waals surface area (Å²) in [6, 6.07) is 8.90. The summed E-state index contributed by atoms with van der Waals surface area (Å²) in [5.74, 6) is -1.12. The van der Waals surface area contributed by atoms with Crippen molar-refractivity contribution in [2.45, 2.75) is 19.5 Å². The van der Waals surface area contributed by atoms with E-state index in [0.717, 1.165) is 17.8 Å². The third kappa shape index (κ3) is 2.90. The van der Waals surface area contributed by atoms with Crippen LogP contribution in [0.4, 0.5) is 5.69 Å². The molecule has 0 unspecified atom stereocenters. The summed E-state index contributed by atoms with van der Waals surface area (Å²) < 4.78 is 1.68. The van der Waals surface area contributed by atoms with Gasteiger partial charge in [-0.15, -0.1) is 0 Å². The van der Waals surface area contributed by atoms with Crippen molar-refractivity contribution < 1.29 is 14.7 Å². The average Bonchev–Trinajstić information content (AvgIpc) is 2.86. The van der Waals surface area contributed by atoms with E-state index in [4.69, 9.17) is 5.11 Å². The van der Waals surface area contributed by atoms with E-state index in [9.17, 15) is 9.59 Å². The minimum atomic E-state index is -1.05. The van der Waals surface area contributed by atoms with Gasteiger partial charge < -0.3 is 15.3 Å². The normalized spacial score (nSPS) is 14.0. The maximum absolute atomic E-state index is 12.8. The molecule has 7 nitrogen and oxygen atoms in total. The number of nitrogens with one attached hydrogen (secondary N) is 1. The van der Waals surface area contributed by atoms with Gasteiger partial charge in [0.15, 0.2) is 5.69 Å². The fourth-order valence-electron chi connectivity index (χ4n) is 2.80. The van der Waals surface area contributed by atoms with Crippen LogP contribution in [0.5, 0.6) is 0 Å². The fraction of sp³-hybridized carbons (Fsp3) is 0.312. The number of carbonyl (C=O) groups excluding carboxylic acids is 1. The van der Waals surface area contributed by atoms with E-state index < -0.39 is 5.97 Å². The number of rotatable bonds is 3. The van der Waals surface area contributed by atoms with Crippen molar-refractivity contribution in [1.82, 2.24) is 14.7 Å². The first-order chi connectivity index (χ1) is 11.1. The Morgan fingerprint density at radius 2 is 2.04 bits per heavy atom. The molecule has 0 atom stereocenters. The van der Waals surface area contributed by atoms with Gasteiger partial charge in [-0.3, -0.25) is 9.48 Å². The second-order valence-corrected chi connectivity index (χ2v) is 5.43. The summed E-state index contributed by atoms with van der Waals surface area (Å²) in [4.78, 5) is 25.6. The smallest absolute Gasteiger partial charge is 0.356 e. The molecule has 0 spiro atoms. The zero-order valence-electron chi connectivity index (χ0n) is 12.8. The van der Waals surface area contributed by atoms with Crippen LogP contribution < -0.4 is 5.32 Å². The first kappa shape index (κ1) is 15.1. The largest absolute Gasteiger partial charge is 0.476 e. The molecule has 0 saturated heterocycles. The predicted octanol–water partition coefficient (Wildman–Crippen LogP) is 1.67. The van der Waals surface area contributed by atoms with Crippen molar-refractivity contribution in [1.29, 1.82) is 0 Å². The Labute approximate surface area is 133 Å². The second kappa shape index (κ2) is 6.12. The van der Waals surface area contributed by atoms with E-state index in [1.54, 1.807) is 22.7 Å². The molecule has 1 amide bonds. The molecule has 2 aromatic rings. The molecular weight excluding hydrogens is 296 g/mol. The lowest BCUT2D eigenvalue weighted by molar-refractivity contribution is 0.0689. The van der Waals surface area contributed by atoms with Crippen LogP contribution in [0.3, 0.4) is 0 Å². The van der Waals surface area contributed by atoms with Crippen LogP contribution >= 0.6 is 0 Å². The van der Waals surface area contributed by atoms with E-state index in [-0.39, 0.29) is 11.6 Å². The number of carbonyl (C=O) groups is 2. The highest BCUT2D eigenvalue weighted by molar-refractivity contribution is 5.99. The zero-order valence-corrected chi connectivity index (χ0v) is 12.8. The topological polar surface area (TPSA) is 87.5 Å². The van der Waals surface area contributed by atoms with Crippen LogP contribution in [-0.2, 0) is 13.1 Å². The van der Waals surface area contributed by atoms with Crippen molar-refractivity contribution in [3.63, 3.8) is 0 Å².